The lowest BCUT2D eigenvalue weighted by Crippen LogP contribution is -2.35. The molecule has 1 atom stereocenters. The number of nitro groups is 1. The van der Waals surface area contributed by atoms with Crippen LogP contribution in [0.3, 0.4) is 0 Å². The van der Waals surface area contributed by atoms with Crippen molar-refractivity contribution in [2.24, 2.45) is 0 Å². The Labute approximate surface area is 172 Å². The third-order valence-electron chi connectivity index (χ3n) is 5.34. The summed E-state index contributed by atoms with van der Waals surface area (Å²) in [6, 6.07) is 11.3. The number of carbonyl (C=O) groups is 2. The highest BCUT2D eigenvalue weighted by molar-refractivity contribution is 6.09. The van der Waals surface area contributed by atoms with E-state index < -0.39 is 16.7 Å². The zero-order valence-corrected chi connectivity index (χ0v) is 16.3. The summed E-state index contributed by atoms with van der Waals surface area (Å²) in [6.45, 7) is 1.78. The second-order valence-corrected chi connectivity index (χ2v) is 7.29. The van der Waals surface area contributed by atoms with E-state index in [9.17, 15) is 19.7 Å². The van der Waals surface area contributed by atoms with Crippen molar-refractivity contribution in [2.45, 2.75) is 32.1 Å². The number of amides is 1. The third kappa shape index (κ3) is 3.59. The molecule has 0 radical (unpaired) electrons. The van der Waals surface area contributed by atoms with E-state index in [4.69, 9.17) is 0 Å². The van der Waals surface area contributed by atoms with Crippen molar-refractivity contribution in [3.05, 3.63) is 86.9 Å². The SMILES string of the molecule is CC1=C(C(=O)Nc2ccccn2)C(c2cccc([N+](=O)[O-])c2)C2=C(CCCC2=O)N1. The second kappa shape index (κ2) is 7.90. The molecule has 1 aromatic heterocycles. The molecule has 1 aliphatic heterocycles. The van der Waals surface area contributed by atoms with Crippen LogP contribution in [0.1, 0.15) is 37.7 Å². The van der Waals surface area contributed by atoms with Crippen LogP contribution in [0.2, 0.25) is 0 Å². The van der Waals surface area contributed by atoms with Crippen LogP contribution >= 0.6 is 0 Å². The van der Waals surface area contributed by atoms with Gasteiger partial charge in [-0.05, 0) is 37.5 Å². The van der Waals surface area contributed by atoms with Crippen molar-refractivity contribution in [3.8, 4) is 0 Å². The van der Waals surface area contributed by atoms with Gasteiger partial charge in [0.1, 0.15) is 5.82 Å². The normalized spacial score (nSPS) is 18.6. The molecule has 2 N–H and O–H groups in total. The molecule has 0 spiro atoms. The number of aromatic nitrogens is 1. The van der Waals surface area contributed by atoms with Gasteiger partial charge >= 0.3 is 0 Å². The van der Waals surface area contributed by atoms with Crippen LogP contribution in [-0.4, -0.2) is 21.6 Å². The molecular weight excluding hydrogens is 384 g/mol. The lowest BCUT2D eigenvalue weighted by atomic mass is 9.75. The molecule has 0 saturated carbocycles. The molecule has 4 rings (SSSR count). The Morgan fingerprint density at radius 1 is 1.23 bits per heavy atom. The lowest BCUT2D eigenvalue weighted by molar-refractivity contribution is -0.384. The Hall–Kier alpha value is -3.81. The van der Waals surface area contributed by atoms with Crippen molar-refractivity contribution in [1.29, 1.82) is 0 Å². The van der Waals surface area contributed by atoms with Crippen LogP contribution in [0.5, 0.6) is 0 Å². The fourth-order valence-corrected chi connectivity index (χ4v) is 4.06. The first kappa shape index (κ1) is 19.5. The average molecular weight is 404 g/mol. The zero-order chi connectivity index (χ0) is 21.3. The second-order valence-electron chi connectivity index (χ2n) is 7.29. The van der Waals surface area contributed by atoms with Gasteiger partial charge < -0.3 is 10.6 Å². The number of benzene rings is 1. The number of Topliss-reactive ketones (excluding diaryl/α,β-unsaturated/α-hetero) is 1. The quantitative estimate of drug-likeness (QED) is 0.594. The third-order valence-corrected chi connectivity index (χ3v) is 5.34. The van der Waals surface area contributed by atoms with Gasteiger partial charge in [-0.25, -0.2) is 4.98 Å². The largest absolute Gasteiger partial charge is 0.362 e. The monoisotopic (exact) mass is 404 g/mol. The van der Waals surface area contributed by atoms with E-state index in [0.717, 1.165) is 12.1 Å². The minimum absolute atomic E-state index is 0.0455. The smallest absolute Gasteiger partial charge is 0.269 e. The first-order valence-electron chi connectivity index (χ1n) is 9.66. The van der Waals surface area contributed by atoms with Gasteiger partial charge in [0, 0.05) is 53.2 Å². The van der Waals surface area contributed by atoms with Gasteiger partial charge in [-0.15, -0.1) is 0 Å². The maximum absolute atomic E-state index is 13.2. The maximum Gasteiger partial charge on any atom is 0.269 e. The number of nitro benzene ring substituents is 1. The van der Waals surface area contributed by atoms with E-state index in [1.165, 1.54) is 12.1 Å². The van der Waals surface area contributed by atoms with Gasteiger partial charge in [-0.1, -0.05) is 18.2 Å². The molecule has 2 heterocycles. The van der Waals surface area contributed by atoms with E-state index in [2.05, 4.69) is 15.6 Å². The standard InChI is InChI=1S/C22H20N4O4/c1-13-19(22(28)25-18-10-2-3-11-23-18)20(14-6-4-7-15(12-14)26(29)30)21-16(24-13)8-5-9-17(21)27/h2-4,6-7,10-12,20,24H,5,8-9H2,1H3,(H,23,25,28). The summed E-state index contributed by atoms with van der Waals surface area (Å²) in [5.41, 5.74) is 2.73. The maximum atomic E-state index is 13.2. The number of anilines is 1. The van der Waals surface area contributed by atoms with Crippen molar-refractivity contribution in [3.63, 3.8) is 0 Å². The Balaban J connectivity index is 1.82. The molecule has 1 unspecified atom stereocenters. The summed E-state index contributed by atoms with van der Waals surface area (Å²) >= 11 is 0. The van der Waals surface area contributed by atoms with Gasteiger partial charge in [0.25, 0.3) is 11.6 Å². The molecule has 2 aliphatic rings. The van der Waals surface area contributed by atoms with Crippen molar-refractivity contribution in [2.75, 3.05) is 5.32 Å². The number of nitrogens with zero attached hydrogens (tertiary/aromatic N) is 2. The predicted octanol–water partition coefficient (Wildman–Crippen LogP) is 3.60. The van der Waals surface area contributed by atoms with Crippen molar-refractivity contribution >= 4 is 23.2 Å². The molecule has 8 heteroatoms. The van der Waals surface area contributed by atoms with Crippen molar-refractivity contribution in [1.82, 2.24) is 10.3 Å². The molecule has 1 aliphatic carbocycles. The highest BCUT2D eigenvalue weighted by Gasteiger charge is 2.38. The topological polar surface area (TPSA) is 114 Å². The average Bonchev–Trinajstić information content (AvgIpc) is 2.73. The molecule has 1 amide bonds. The number of allylic oxidation sites excluding steroid dienone is 3. The number of nitrogens with one attached hydrogen (secondary N) is 2. The van der Waals surface area contributed by atoms with Gasteiger partial charge in [-0.3, -0.25) is 19.7 Å². The molecule has 8 nitrogen and oxygen atoms in total. The zero-order valence-electron chi connectivity index (χ0n) is 16.3. The summed E-state index contributed by atoms with van der Waals surface area (Å²) in [5.74, 6) is -0.746. The number of hydrogen-bond acceptors (Lipinski definition) is 6. The van der Waals surface area contributed by atoms with E-state index in [-0.39, 0.29) is 11.5 Å². The Bertz CT molecular complexity index is 1110. The Morgan fingerprint density at radius 2 is 2.07 bits per heavy atom. The summed E-state index contributed by atoms with van der Waals surface area (Å²) in [6.07, 6.45) is 3.38. The Morgan fingerprint density at radius 3 is 2.80 bits per heavy atom. The van der Waals surface area contributed by atoms with E-state index in [1.54, 1.807) is 43.5 Å². The predicted molar refractivity (Wildman–Crippen MR) is 110 cm³/mol. The lowest BCUT2D eigenvalue weighted by Gasteiger charge is -2.34. The number of hydrogen-bond donors (Lipinski definition) is 2. The van der Waals surface area contributed by atoms with Gasteiger partial charge in [0.2, 0.25) is 0 Å². The number of dihydropyridines is 1. The van der Waals surface area contributed by atoms with Crippen LogP contribution in [0.15, 0.2) is 71.2 Å². The van der Waals surface area contributed by atoms with Gasteiger partial charge in [-0.2, -0.15) is 0 Å². The molecule has 0 fully saturated rings. The molecular formula is C22H20N4O4. The van der Waals surface area contributed by atoms with E-state index in [1.807, 2.05) is 0 Å². The molecule has 30 heavy (non-hydrogen) atoms. The van der Waals surface area contributed by atoms with Crippen LogP contribution < -0.4 is 10.6 Å². The van der Waals surface area contributed by atoms with E-state index in [0.29, 0.717) is 41.1 Å². The summed E-state index contributed by atoms with van der Waals surface area (Å²) in [7, 11) is 0. The van der Waals surface area contributed by atoms with E-state index >= 15 is 0 Å². The number of pyridine rings is 1. The molecule has 2 aromatic rings. The van der Waals surface area contributed by atoms with Crippen LogP contribution in [0.4, 0.5) is 11.5 Å². The van der Waals surface area contributed by atoms with Gasteiger partial charge in [0.15, 0.2) is 5.78 Å². The number of ketones is 1. The fourth-order valence-electron chi connectivity index (χ4n) is 4.06. The highest BCUT2D eigenvalue weighted by atomic mass is 16.6. The number of carbonyl (C=O) groups excluding carboxylic acids is 2. The minimum Gasteiger partial charge on any atom is -0.362 e. The molecule has 0 bridgehead atoms. The summed E-state index contributed by atoms with van der Waals surface area (Å²) in [4.78, 5) is 41.1. The summed E-state index contributed by atoms with van der Waals surface area (Å²) in [5, 5.41) is 17.3. The number of rotatable bonds is 4. The first-order chi connectivity index (χ1) is 14.5. The molecule has 0 saturated heterocycles. The van der Waals surface area contributed by atoms with Gasteiger partial charge in [0.05, 0.1) is 4.92 Å². The Kier molecular flexibility index (Phi) is 5.14. The summed E-state index contributed by atoms with van der Waals surface area (Å²) < 4.78 is 0. The van der Waals surface area contributed by atoms with Crippen LogP contribution in [-0.2, 0) is 9.59 Å². The van der Waals surface area contributed by atoms with Crippen LogP contribution in [0, 0.1) is 10.1 Å². The number of non-ortho nitro benzene ring substituents is 1. The first-order valence-corrected chi connectivity index (χ1v) is 9.66. The van der Waals surface area contributed by atoms with Crippen molar-refractivity contribution < 1.29 is 14.5 Å². The minimum atomic E-state index is -0.683. The molecule has 1 aromatic carbocycles. The van der Waals surface area contributed by atoms with Crippen LogP contribution in [0.25, 0.3) is 0 Å². The molecule has 152 valence electrons. The highest BCUT2D eigenvalue weighted by Crippen LogP contribution is 2.43. The fraction of sp³-hybridized carbons (Fsp3) is 0.227.